The molecule has 0 spiro atoms. The zero-order valence-electron chi connectivity index (χ0n) is 38.3. The van der Waals surface area contributed by atoms with Crippen molar-refractivity contribution in [3.63, 3.8) is 0 Å². The van der Waals surface area contributed by atoms with Crippen molar-refractivity contribution < 1.29 is 63.7 Å². The molecule has 2 unspecified atom stereocenters. The second-order valence-electron chi connectivity index (χ2n) is 18.2. The van der Waals surface area contributed by atoms with Crippen LogP contribution in [-0.2, 0) is 48.2 Å². The molecule has 4 fully saturated rings. The fourth-order valence-corrected chi connectivity index (χ4v) is 9.36. The van der Waals surface area contributed by atoms with Gasteiger partial charge < -0.3 is 65.9 Å². The summed E-state index contributed by atoms with van der Waals surface area (Å²) in [4.78, 5) is 67.6. The lowest BCUT2D eigenvalue weighted by atomic mass is 9.87. The minimum atomic E-state index is -2.66. The number of hydrogen-bond donors (Lipinski definition) is 9. The van der Waals surface area contributed by atoms with Crippen molar-refractivity contribution >= 4 is 29.7 Å². The number of nitrogens with zero attached hydrogens (tertiary/aromatic N) is 7. The molecule has 0 radical (unpaired) electrons. The Bertz CT molecular complexity index is 2220. The number of aromatic hydroxyl groups is 1. The third kappa shape index (κ3) is 12.5. The number of phenols is 1. The number of hydrogen-bond acceptors (Lipinski definition) is 16. The van der Waals surface area contributed by atoms with Crippen LogP contribution in [-0.4, -0.2) is 171 Å². The summed E-state index contributed by atoms with van der Waals surface area (Å²) < 4.78 is 20.3. The predicted molar refractivity (Wildman–Crippen MR) is 235 cm³/mol. The number of carboxylic acids is 1. The number of ether oxygens (including phenoxy) is 3. The van der Waals surface area contributed by atoms with Gasteiger partial charge in [0.2, 0.25) is 11.8 Å². The molecule has 2 aromatic heterocycles. The summed E-state index contributed by atoms with van der Waals surface area (Å²) in [6, 6.07) is 0.369. The summed E-state index contributed by atoms with van der Waals surface area (Å²) in [5, 5.41) is 83.1. The van der Waals surface area contributed by atoms with Crippen LogP contribution >= 0.6 is 0 Å². The van der Waals surface area contributed by atoms with Crippen LogP contribution in [0.4, 0.5) is 4.79 Å². The number of urea groups is 1. The van der Waals surface area contributed by atoms with E-state index < -0.39 is 85.0 Å². The molecular formula is C44H63N11O13. The SMILES string of the molecule is Cc1cc(C(=O)NC[C@@H](O)[C@@H](O)[C@@H]2O[C@@](OC3CCCCC3NC(=O)Cn3cc(CNC(=O)N4CCOCC4)nn3)(C(=O)O)C[C@H](O)[C@H]2NC(=O)Cn2cc(C3CCCCC3)nn2)cc(C)c1O. The highest BCUT2D eigenvalue weighted by Crippen LogP contribution is 2.37. The second-order valence-corrected chi connectivity index (χ2v) is 18.2. The van der Waals surface area contributed by atoms with E-state index in [9.17, 15) is 49.5 Å². The van der Waals surface area contributed by atoms with Gasteiger partial charge >= 0.3 is 12.0 Å². The Hall–Kier alpha value is -5.79. The van der Waals surface area contributed by atoms with Gasteiger partial charge in [-0.05, 0) is 62.8 Å². The van der Waals surface area contributed by atoms with Crippen LogP contribution in [0.25, 0.3) is 0 Å². The number of amides is 5. The number of carbonyl (C=O) groups is 5. The summed E-state index contributed by atoms with van der Waals surface area (Å²) in [6.07, 6.45) is 1.13. The Balaban J connectivity index is 1.04. The molecule has 2 saturated carbocycles. The first-order valence-corrected chi connectivity index (χ1v) is 23.3. The number of aryl methyl sites for hydroxylation is 2. The summed E-state index contributed by atoms with van der Waals surface area (Å²) in [5.41, 5.74) is 2.21. The minimum absolute atomic E-state index is 0.0163. The first kappa shape index (κ1) is 50.1. The fraction of sp³-hybridized carbons (Fsp3) is 0.659. The van der Waals surface area contributed by atoms with Crippen LogP contribution in [0.1, 0.15) is 103 Å². The van der Waals surface area contributed by atoms with Crippen molar-refractivity contribution in [3.8, 4) is 5.75 Å². The van der Waals surface area contributed by atoms with Crippen LogP contribution in [0, 0.1) is 13.8 Å². The summed E-state index contributed by atoms with van der Waals surface area (Å²) in [6.45, 7) is 3.95. The molecule has 4 aliphatic rings. The van der Waals surface area contributed by atoms with Gasteiger partial charge in [-0.25, -0.2) is 19.0 Å². The monoisotopic (exact) mass is 953 g/mol. The molecule has 7 rings (SSSR count). The van der Waals surface area contributed by atoms with E-state index in [0.717, 1.165) is 37.8 Å². The smallest absolute Gasteiger partial charge is 0.364 e. The van der Waals surface area contributed by atoms with E-state index in [1.54, 1.807) is 24.9 Å². The van der Waals surface area contributed by atoms with E-state index in [-0.39, 0.29) is 49.3 Å². The maximum absolute atomic E-state index is 13.6. The summed E-state index contributed by atoms with van der Waals surface area (Å²) in [7, 11) is 0. The van der Waals surface area contributed by atoms with Crippen molar-refractivity contribution in [2.45, 2.75) is 152 Å². The van der Waals surface area contributed by atoms with E-state index >= 15 is 0 Å². The molecule has 68 heavy (non-hydrogen) atoms. The normalized spacial score (nSPS) is 25.5. The van der Waals surface area contributed by atoms with Crippen LogP contribution < -0.4 is 21.3 Å². The number of morpholine rings is 1. The highest BCUT2D eigenvalue weighted by Gasteiger charge is 2.57. The standard InChI is InChI=1S/C44H63N11O13/c1-25-16-28(17-26(2)38(25)60)41(62)45-20-33(57)39(61)40-37(48-36(59)24-55-22-31(50-52-55)27-8-4-3-5-9-27)32(56)18-44(68-40,42(63)64)67-34-11-7-6-10-30(34)47-35(58)23-54-21-29(49-51-54)19-46-43(65)53-12-14-66-15-13-53/h16-17,21-22,27,30,32-34,37,39-40,56-57,60-61H,3-15,18-20,23-24H2,1-2H3,(H,45,62)(H,46,65)(H,47,58)(H,48,59)(H,63,64)/t30?,32-,33+,34?,37+,39+,40+,44+/m0/s1. The van der Waals surface area contributed by atoms with Crippen molar-refractivity contribution in [1.82, 2.24) is 56.2 Å². The van der Waals surface area contributed by atoms with Gasteiger partial charge in [0.1, 0.15) is 36.7 Å². The average Bonchev–Trinajstić information content (AvgIpc) is 3.99. The van der Waals surface area contributed by atoms with Gasteiger partial charge in [-0.15, -0.1) is 10.2 Å². The number of aliphatic hydroxyl groups is 3. The molecule has 372 valence electrons. The van der Waals surface area contributed by atoms with Crippen LogP contribution in [0.15, 0.2) is 24.5 Å². The maximum Gasteiger partial charge on any atom is 0.364 e. The first-order valence-electron chi connectivity index (χ1n) is 23.3. The Morgan fingerprint density at radius 3 is 2.22 bits per heavy atom. The molecule has 3 aromatic rings. The van der Waals surface area contributed by atoms with Gasteiger partial charge in [-0.2, -0.15) is 0 Å². The molecular weight excluding hydrogens is 891 g/mol. The number of phenolic OH excluding ortho intramolecular Hbond substituents is 1. The average molecular weight is 954 g/mol. The van der Waals surface area contributed by atoms with Crippen LogP contribution in [0.5, 0.6) is 5.75 Å². The zero-order chi connectivity index (χ0) is 48.5. The summed E-state index contributed by atoms with van der Waals surface area (Å²) >= 11 is 0. The Kier molecular flexibility index (Phi) is 16.6. The van der Waals surface area contributed by atoms with Crippen molar-refractivity contribution in [2.24, 2.45) is 0 Å². The number of rotatable bonds is 17. The highest BCUT2D eigenvalue weighted by atomic mass is 16.7. The highest BCUT2D eigenvalue weighted by molar-refractivity contribution is 5.95. The maximum atomic E-state index is 13.6. The van der Waals surface area contributed by atoms with Gasteiger partial charge in [-0.3, -0.25) is 14.4 Å². The molecule has 5 amide bonds. The van der Waals surface area contributed by atoms with Gasteiger partial charge in [0.25, 0.3) is 11.7 Å². The molecule has 8 atom stereocenters. The van der Waals surface area contributed by atoms with Gasteiger partial charge in [0.15, 0.2) is 0 Å². The molecule has 2 aliphatic heterocycles. The van der Waals surface area contributed by atoms with E-state index in [0.29, 0.717) is 62.4 Å². The van der Waals surface area contributed by atoms with Crippen molar-refractivity contribution in [1.29, 1.82) is 0 Å². The predicted octanol–water partition coefficient (Wildman–Crippen LogP) is -0.507. The molecule has 4 heterocycles. The molecule has 9 N–H and O–H groups in total. The molecule has 1 aromatic carbocycles. The molecule has 2 saturated heterocycles. The van der Waals surface area contributed by atoms with Gasteiger partial charge in [-0.1, -0.05) is 42.5 Å². The first-order chi connectivity index (χ1) is 32.6. The number of aliphatic hydroxyl groups excluding tert-OH is 3. The van der Waals surface area contributed by atoms with E-state index in [1.807, 2.05) is 0 Å². The van der Waals surface area contributed by atoms with Crippen molar-refractivity contribution in [2.75, 3.05) is 32.8 Å². The van der Waals surface area contributed by atoms with Crippen LogP contribution in [0.3, 0.4) is 0 Å². The van der Waals surface area contributed by atoms with E-state index in [2.05, 4.69) is 41.9 Å². The van der Waals surface area contributed by atoms with Gasteiger partial charge in [0.05, 0.1) is 62.0 Å². The largest absolute Gasteiger partial charge is 0.507 e. The third-order valence-corrected chi connectivity index (χ3v) is 13.1. The fourth-order valence-electron chi connectivity index (χ4n) is 9.36. The van der Waals surface area contributed by atoms with Crippen LogP contribution in [0.2, 0.25) is 0 Å². The quantitative estimate of drug-likeness (QED) is 0.0823. The zero-order valence-corrected chi connectivity index (χ0v) is 38.3. The number of benzene rings is 1. The van der Waals surface area contributed by atoms with Crippen molar-refractivity contribution in [3.05, 3.63) is 52.6 Å². The second kappa shape index (κ2) is 22.5. The Morgan fingerprint density at radius 1 is 0.868 bits per heavy atom. The molecule has 24 nitrogen and oxygen atoms in total. The number of aliphatic carboxylic acids is 1. The summed E-state index contributed by atoms with van der Waals surface area (Å²) in [5.74, 6) is -5.94. The lowest BCUT2D eigenvalue weighted by Gasteiger charge is -2.48. The van der Waals surface area contributed by atoms with E-state index in [4.69, 9.17) is 14.2 Å². The molecule has 24 heteroatoms. The lowest BCUT2D eigenvalue weighted by molar-refractivity contribution is -0.325. The molecule has 2 aliphatic carbocycles. The number of carbonyl (C=O) groups excluding carboxylic acids is 4. The minimum Gasteiger partial charge on any atom is -0.507 e. The third-order valence-electron chi connectivity index (χ3n) is 13.1. The topological polar surface area (TPSA) is 327 Å². The van der Waals surface area contributed by atoms with Gasteiger partial charge in [0, 0.05) is 43.7 Å². The Labute approximate surface area is 392 Å². The number of nitrogens with one attached hydrogen (secondary N) is 4. The molecule has 0 bridgehead atoms. The number of aromatic nitrogens is 6. The van der Waals surface area contributed by atoms with E-state index in [1.165, 1.54) is 27.7 Å². The Morgan fingerprint density at radius 2 is 1.51 bits per heavy atom. The lowest BCUT2D eigenvalue weighted by Crippen LogP contribution is -2.69. The number of carboxylic acid groups (broad SMARTS) is 1.